The molecule has 4 N–H and O–H groups in total. The largest absolute Gasteiger partial charge is 0.366 e. The van der Waals surface area contributed by atoms with Crippen molar-refractivity contribution in [1.29, 1.82) is 0 Å². The second-order valence-corrected chi connectivity index (χ2v) is 4.03. The first-order valence-electron chi connectivity index (χ1n) is 5.83. The maximum absolute atomic E-state index is 11.8. The quantitative estimate of drug-likeness (QED) is 0.748. The highest BCUT2D eigenvalue weighted by molar-refractivity contribution is 6.02. The Bertz CT molecular complexity index is 578. The Labute approximate surface area is 110 Å². The van der Waals surface area contributed by atoms with E-state index < -0.39 is 5.91 Å². The molecule has 0 bridgehead atoms. The molecule has 6 nitrogen and oxygen atoms in total. The number of H-pyrrole nitrogens is 1. The predicted octanol–water partition coefficient (Wildman–Crippen LogP) is 1.08. The SMILES string of the molecule is NC(=O)c1ccccc1NC(=O)CCc1cnc[nH]1. The van der Waals surface area contributed by atoms with Crippen LogP contribution in [0.4, 0.5) is 5.69 Å². The molecule has 1 aromatic carbocycles. The Morgan fingerprint density at radius 2 is 2.11 bits per heavy atom. The average Bonchev–Trinajstić information content (AvgIpc) is 2.90. The number of amides is 2. The van der Waals surface area contributed by atoms with Gasteiger partial charge in [0.25, 0.3) is 5.91 Å². The fraction of sp³-hybridized carbons (Fsp3) is 0.154. The molecule has 1 aromatic heterocycles. The van der Waals surface area contributed by atoms with E-state index in [1.807, 2.05) is 0 Å². The van der Waals surface area contributed by atoms with Gasteiger partial charge in [0.2, 0.25) is 5.91 Å². The lowest BCUT2D eigenvalue weighted by molar-refractivity contribution is -0.116. The van der Waals surface area contributed by atoms with Crippen LogP contribution in [0.2, 0.25) is 0 Å². The summed E-state index contributed by atoms with van der Waals surface area (Å²) in [6.07, 6.45) is 4.10. The van der Waals surface area contributed by atoms with Gasteiger partial charge in [-0.05, 0) is 18.6 Å². The molecule has 6 heteroatoms. The summed E-state index contributed by atoms with van der Waals surface area (Å²) in [4.78, 5) is 29.8. The van der Waals surface area contributed by atoms with Gasteiger partial charge in [-0.1, -0.05) is 12.1 Å². The zero-order valence-corrected chi connectivity index (χ0v) is 10.2. The van der Waals surface area contributed by atoms with Gasteiger partial charge < -0.3 is 16.0 Å². The summed E-state index contributed by atoms with van der Waals surface area (Å²) in [5.41, 5.74) is 6.86. The first-order valence-corrected chi connectivity index (χ1v) is 5.83. The van der Waals surface area contributed by atoms with E-state index in [9.17, 15) is 9.59 Å². The van der Waals surface area contributed by atoms with Crippen LogP contribution in [0, 0.1) is 0 Å². The number of hydrogen-bond donors (Lipinski definition) is 3. The number of primary amides is 1. The van der Waals surface area contributed by atoms with Crippen molar-refractivity contribution in [2.75, 3.05) is 5.32 Å². The molecule has 0 aliphatic carbocycles. The first kappa shape index (κ1) is 12.8. The molecule has 0 aliphatic rings. The van der Waals surface area contributed by atoms with E-state index in [1.165, 1.54) is 0 Å². The highest BCUT2D eigenvalue weighted by Gasteiger charge is 2.10. The van der Waals surface area contributed by atoms with Crippen molar-refractivity contribution < 1.29 is 9.59 Å². The number of benzene rings is 1. The molecule has 0 saturated carbocycles. The van der Waals surface area contributed by atoms with E-state index in [-0.39, 0.29) is 5.91 Å². The molecule has 0 atom stereocenters. The van der Waals surface area contributed by atoms with Gasteiger partial charge >= 0.3 is 0 Å². The van der Waals surface area contributed by atoms with Gasteiger partial charge in [-0.15, -0.1) is 0 Å². The summed E-state index contributed by atoms with van der Waals surface area (Å²) in [5, 5.41) is 2.68. The fourth-order valence-electron chi connectivity index (χ4n) is 1.69. The van der Waals surface area contributed by atoms with E-state index in [2.05, 4.69) is 15.3 Å². The number of hydrogen-bond acceptors (Lipinski definition) is 3. The molecule has 0 saturated heterocycles. The van der Waals surface area contributed by atoms with Crippen molar-refractivity contribution in [3.63, 3.8) is 0 Å². The molecule has 1 heterocycles. The molecule has 0 aliphatic heterocycles. The minimum atomic E-state index is -0.565. The second-order valence-electron chi connectivity index (χ2n) is 4.03. The monoisotopic (exact) mass is 258 g/mol. The smallest absolute Gasteiger partial charge is 0.250 e. The van der Waals surface area contributed by atoms with Crippen LogP contribution in [-0.4, -0.2) is 21.8 Å². The highest BCUT2D eigenvalue weighted by atomic mass is 16.2. The van der Waals surface area contributed by atoms with Gasteiger partial charge in [-0.25, -0.2) is 4.98 Å². The minimum Gasteiger partial charge on any atom is -0.366 e. The Hall–Kier alpha value is -2.63. The number of carbonyl (C=O) groups excluding carboxylic acids is 2. The summed E-state index contributed by atoms with van der Waals surface area (Å²) in [7, 11) is 0. The normalized spacial score (nSPS) is 10.1. The molecule has 2 rings (SSSR count). The number of aromatic nitrogens is 2. The molecule has 19 heavy (non-hydrogen) atoms. The molecular formula is C13H14N4O2. The number of aryl methyl sites for hydroxylation is 1. The summed E-state index contributed by atoms with van der Waals surface area (Å²) >= 11 is 0. The number of para-hydroxylation sites is 1. The second kappa shape index (κ2) is 5.81. The number of aromatic amines is 1. The predicted molar refractivity (Wildman–Crippen MR) is 70.5 cm³/mol. The highest BCUT2D eigenvalue weighted by Crippen LogP contribution is 2.14. The third-order valence-electron chi connectivity index (χ3n) is 2.64. The maximum atomic E-state index is 11.8. The zero-order chi connectivity index (χ0) is 13.7. The van der Waals surface area contributed by atoms with Crippen LogP contribution < -0.4 is 11.1 Å². The maximum Gasteiger partial charge on any atom is 0.250 e. The standard InChI is InChI=1S/C13H14N4O2/c14-13(19)10-3-1-2-4-11(10)17-12(18)6-5-9-7-15-8-16-9/h1-4,7-8H,5-6H2,(H2,14,19)(H,15,16)(H,17,18). The lowest BCUT2D eigenvalue weighted by Gasteiger charge is -2.08. The summed E-state index contributed by atoms with van der Waals surface area (Å²) in [6, 6.07) is 6.65. The van der Waals surface area contributed by atoms with Gasteiger partial charge in [0, 0.05) is 18.3 Å². The van der Waals surface area contributed by atoms with Crippen LogP contribution in [0.3, 0.4) is 0 Å². The third-order valence-corrected chi connectivity index (χ3v) is 2.64. The lowest BCUT2D eigenvalue weighted by Crippen LogP contribution is -2.18. The molecule has 0 unspecified atom stereocenters. The summed E-state index contributed by atoms with van der Waals surface area (Å²) in [6.45, 7) is 0. The first-order chi connectivity index (χ1) is 9.16. The van der Waals surface area contributed by atoms with Crippen molar-refractivity contribution >= 4 is 17.5 Å². The molecule has 0 fully saturated rings. The van der Waals surface area contributed by atoms with Crippen LogP contribution >= 0.6 is 0 Å². The molecule has 98 valence electrons. The van der Waals surface area contributed by atoms with Crippen LogP contribution in [0.25, 0.3) is 0 Å². The molecule has 2 amide bonds. The Kier molecular flexibility index (Phi) is 3.92. The Morgan fingerprint density at radius 1 is 1.32 bits per heavy atom. The number of anilines is 1. The Morgan fingerprint density at radius 3 is 2.79 bits per heavy atom. The molecule has 2 aromatic rings. The van der Waals surface area contributed by atoms with Crippen LogP contribution in [-0.2, 0) is 11.2 Å². The van der Waals surface area contributed by atoms with Crippen LogP contribution in [0.1, 0.15) is 22.5 Å². The number of carbonyl (C=O) groups is 2. The summed E-state index contributed by atoms with van der Waals surface area (Å²) < 4.78 is 0. The zero-order valence-electron chi connectivity index (χ0n) is 10.2. The minimum absolute atomic E-state index is 0.177. The van der Waals surface area contributed by atoms with Gasteiger partial charge in [-0.2, -0.15) is 0 Å². The van der Waals surface area contributed by atoms with Gasteiger partial charge in [0.15, 0.2) is 0 Å². The van der Waals surface area contributed by atoms with Crippen molar-refractivity contribution in [3.8, 4) is 0 Å². The van der Waals surface area contributed by atoms with Crippen molar-refractivity contribution in [2.24, 2.45) is 5.73 Å². The van der Waals surface area contributed by atoms with Crippen LogP contribution in [0.15, 0.2) is 36.8 Å². The number of nitrogens with zero attached hydrogens (tertiary/aromatic N) is 1. The van der Waals surface area contributed by atoms with E-state index >= 15 is 0 Å². The third kappa shape index (κ3) is 3.41. The van der Waals surface area contributed by atoms with Crippen molar-refractivity contribution in [3.05, 3.63) is 48.0 Å². The topological polar surface area (TPSA) is 101 Å². The number of imidazole rings is 1. The van der Waals surface area contributed by atoms with E-state index in [4.69, 9.17) is 5.73 Å². The summed E-state index contributed by atoms with van der Waals surface area (Å²) in [5.74, 6) is -0.743. The number of nitrogens with one attached hydrogen (secondary N) is 2. The molecule has 0 radical (unpaired) electrons. The number of nitrogens with two attached hydrogens (primary N) is 1. The van der Waals surface area contributed by atoms with Crippen molar-refractivity contribution in [2.45, 2.75) is 12.8 Å². The van der Waals surface area contributed by atoms with Gasteiger partial charge in [0.1, 0.15) is 0 Å². The average molecular weight is 258 g/mol. The molecule has 0 spiro atoms. The van der Waals surface area contributed by atoms with Crippen LogP contribution in [0.5, 0.6) is 0 Å². The lowest BCUT2D eigenvalue weighted by atomic mass is 10.1. The fourth-order valence-corrected chi connectivity index (χ4v) is 1.69. The van der Waals surface area contributed by atoms with Crippen molar-refractivity contribution in [1.82, 2.24) is 9.97 Å². The van der Waals surface area contributed by atoms with Gasteiger partial charge in [-0.3, -0.25) is 9.59 Å². The Balaban J connectivity index is 1.97. The van der Waals surface area contributed by atoms with Gasteiger partial charge in [0.05, 0.1) is 17.6 Å². The van der Waals surface area contributed by atoms with E-state index in [0.717, 1.165) is 5.69 Å². The van der Waals surface area contributed by atoms with E-state index in [0.29, 0.717) is 24.1 Å². The van der Waals surface area contributed by atoms with E-state index in [1.54, 1.807) is 36.8 Å². The molecular weight excluding hydrogens is 244 g/mol. The number of rotatable bonds is 5.